The molecule has 2 rings (SSSR count). The third-order valence-electron chi connectivity index (χ3n) is 3.88. The van der Waals surface area contributed by atoms with Crippen molar-refractivity contribution in [2.45, 2.75) is 64.1 Å². The molecule has 0 aromatic carbocycles. The maximum atomic E-state index is 3.77. The number of hydrogen-bond acceptors (Lipinski definition) is 2. The van der Waals surface area contributed by atoms with Crippen molar-refractivity contribution in [3.8, 4) is 0 Å². The lowest BCUT2D eigenvalue weighted by atomic mass is 9.99. The van der Waals surface area contributed by atoms with Gasteiger partial charge in [-0.2, -0.15) is 0 Å². The van der Waals surface area contributed by atoms with E-state index in [1.54, 1.807) is 0 Å². The maximum absolute atomic E-state index is 3.77. The van der Waals surface area contributed by atoms with E-state index in [1.807, 2.05) is 0 Å². The van der Waals surface area contributed by atoms with Crippen LogP contribution in [0.1, 0.15) is 53.8 Å². The number of likely N-dealkylation sites (tertiary alicyclic amines) is 1. The molecule has 0 saturated carbocycles. The highest BCUT2D eigenvalue weighted by atomic mass is 15.3. The molecule has 1 N–H and O–H groups in total. The fourth-order valence-electron chi connectivity index (χ4n) is 3.24. The van der Waals surface area contributed by atoms with Crippen molar-refractivity contribution in [3.05, 3.63) is 0 Å². The fourth-order valence-corrected chi connectivity index (χ4v) is 3.24. The lowest BCUT2D eigenvalue weighted by molar-refractivity contribution is 0.0433. The van der Waals surface area contributed by atoms with Crippen LogP contribution in [0.5, 0.6) is 0 Å². The Morgan fingerprint density at radius 3 is 2.57 bits per heavy atom. The molecule has 0 bridgehead atoms. The monoisotopic (exact) mass is 198 g/mol. The first-order valence-electron chi connectivity index (χ1n) is 6.26. The molecule has 2 heterocycles. The summed E-state index contributed by atoms with van der Waals surface area (Å²) in [7, 11) is 0. The van der Waals surface area contributed by atoms with E-state index in [9.17, 15) is 0 Å². The van der Waals surface area contributed by atoms with Crippen molar-refractivity contribution < 1.29 is 1.43 Å². The molecule has 1 spiro atoms. The predicted octanol–water partition coefficient (Wildman–Crippen LogP) is 2.60. The largest absolute Gasteiger partial charge is 0.299 e. The smallest absolute Gasteiger partial charge is 0.0715 e. The Morgan fingerprint density at radius 2 is 1.93 bits per heavy atom. The van der Waals surface area contributed by atoms with Gasteiger partial charge in [-0.05, 0) is 46.1 Å². The van der Waals surface area contributed by atoms with Crippen molar-refractivity contribution in [1.29, 1.82) is 0 Å². The van der Waals surface area contributed by atoms with E-state index < -0.39 is 0 Å². The average molecular weight is 198 g/mol. The third kappa shape index (κ3) is 1.82. The van der Waals surface area contributed by atoms with Gasteiger partial charge in [0.25, 0.3) is 0 Å². The van der Waals surface area contributed by atoms with E-state index in [-0.39, 0.29) is 1.43 Å². The molecule has 2 aliphatic heterocycles. The summed E-state index contributed by atoms with van der Waals surface area (Å²) >= 11 is 0. The van der Waals surface area contributed by atoms with E-state index in [2.05, 4.69) is 24.1 Å². The van der Waals surface area contributed by atoms with Gasteiger partial charge in [0.1, 0.15) is 0 Å². The van der Waals surface area contributed by atoms with Gasteiger partial charge in [-0.15, -0.1) is 0 Å². The minimum Gasteiger partial charge on any atom is -0.299 e. The van der Waals surface area contributed by atoms with E-state index in [0.29, 0.717) is 11.7 Å². The van der Waals surface area contributed by atoms with Gasteiger partial charge in [0.15, 0.2) is 0 Å². The fraction of sp³-hybridized carbons (Fsp3) is 1.00. The van der Waals surface area contributed by atoms with Crippen LogP contribution in [0.25, 0.3) is 0 Å². The Bertz CT molecular complexity index is 188. The Morgan fingerprint density at radius 1 is 1.14 bits per heavy atom. The standard InChI is InChI=1S/C12H24N2.H2/c1-11(2)14-10-5-3-4-7-12(14)8-6-9-13-12;/h11,13H,3-10H2,1-2H3;1H. The molecule has 2 fully saturated rings. The van der Waals surface area contributed by atoms with E-state index >= 15 is 0 Å². The summed E-state index contributed by atoms with van der Waals surface area (Å²) in [5.74, 6) is 0. The van der Waals surface area contributed by atoms with Gasteiger partial charge in [0, 0.05) is 14.0 Å². The SMILES string of the molecule is CC(C)N1CCCCCC12CCCN2.[HH]. The molecule has 0 aromatic rings. The summed E-state index contributed by atoms with van der Waals surface area (Å²) in [5, 5.41) is 3.77. The summed E-state index contributed by atoms with van der Waals surface area (Å²) in [6.07, 6.45) is 8.32. The molecule has 0 aromatic heterocycles. The molecule has 1 atom stereocenters. The third-order valence-corrected chi connectivity index (χ3v) is 3.88. The van der Waals surface area contributed by atoms with Crippen LogP contribution < -0.4 is 5.32 Å². The number of hydrogen-bond donors (Lipinski definition) is 1. The summed E-state index contributed by atoms with van der Waals surface area (Å²) < 4.78 is 0. The van der Waals surface area contributed by atoms with Gasteiger partial charge >= 0.3 is 0 Å². The summed E-state index contributed by atoms with van der Waals surface area (Å²) in [5.41, 5.74) is 0.380. The van der Waals surface area contributed by atoms with Gasteiger partial charge in [0.05, 0.1) is 5.66 Å². The Hall–Kier alpha value is -0.0800. The quantitative estimate of drug-likeness (QED) is 0.696. The molecule has 2 heteroatoms. The topological polar surface area (TPSA) is 15.3 Å². The summed E-state index contributed by atoms with van der Waals surface area (Å²) in [4.78, 5) is 2.72. The average Bonchev–Trinajstić information content (AvgIpc) is 2.48. The zero-order valence-electron chi connectivity index (χ0n) is 9.68. The van der Waals surface area contributed by atoms with Crippen molar-refractivity contribution in [3.63, 3.8) is 0 Å². The van der Waals surface area contributed by atoms with Crippen molar-refractivity contribution in [1.82, 2.24) is 10.2 Å². The minimum atomic E-state index is 0. The van der Waals surface area contributed by atoms with Gasteiger partial charge < -0.3 is 0 Å². The van der Waals surface area contributed by atoms with Gasteiger partial charge in [0.2, 0.25) is 0 Å². The molecule has 14 heavy (non-hydrogen) atoms. The molecule has 84 valence electrons. The zero-order chi connectivity index (χ0) is 10.0. The molecule has 0 radical (unpaired) electrons. The van der Waals surface area contributed by atoms with Crippen LogP contribution in [0.4, 0.5) is 0 Å². The predicted molar refractivity (Wildman–Crippen MR) is 62.4 cm³/mol. The van der Waals surface area contributed by atoms with E-state index in [1.165, 1.54) is 51.6 Å². The molecule has 2 nitrogen and oxygen atoms in total. The number of rotatable bonds is 1. The second kappa shape index (κ2) is 4.19. The Labute approximate surface area is 89.5 Å². The number of nitrogens with one attached hydrogen (secondary N) is 1. The molecule has 2 aliphatic rings. The second-order valence-corrected chi connectivity index (χ2v) is 5.16. The van der Waals surface area contributed by atoms with Crippen LogP contribution in [0.3, 0.4) is 0 Å². The lowest BCUT2D eigenvalue weighted by Crippen LogP contribution is -2.57. The van der Waals surface area contributed by atoms with E-state index in [4.69, 9.17) is 0 Å². The molecular weight excluding hydrogens is 172 g/mol. The summed E-state index contributed by atoms with van der Waals surface area (Å²) in [6.45, 7) is 7.20. The highest BCUT2D eigenvalue weighted by Gasteiger charge is 2.40. The highest BCUT2D eigenvalue weighted by Crippen LogP contribution is 2.33. The molecule has 2 saturated heterocycles. The Kier molecular flexibility index (Phi) is 3.13. The van der Waals surface area contributed by atoms with Crippen molar-refractivity contribution in [2.75, 3.05) is 13.1 Å². The van der Waals surface area contributed by atoms with Crippen LogP contribution in [-0.4, -0.2) is 29.7 Å². The minimum absolute atomic E-state index is 0. The number of nitrogens with zero attached hydrogens (tertiary/aromatic N) is 1. The molecular formula is C12H26N2. The van der Waals surface area contributed by atoms with Crippen molar-refractivity contribution in [2.24, 2.45) is 0 Å². The second-order valence-electron chi connectivity index (χ2n) is 5.16. The Balaban J connectivity index is 0.00000112. The first-order valence-corrected chi connectivity index (χ1v) is 6.26. The van der Waals surface area contributed by atoms with Gasteiger partial charge in [-0.3, -0.25) is 10.2 Å². The van der Waals surface area contributed by atoms with Crippen molar-refractivity contribution >= 4 is 0 Å². The van der Waals surface area contributed by atoms with E-state index in [0.717, 1.165) is 0 Å². The van der Waals surface area contributed by atoms with Crippen LogP contribution in [-0.2, 0) is 0 Å². The van der Waals surface area contributed by atoms with Gasteiger partial charge in [-0.25, -0.2) is 0 Å². The summed E-state index contributed by atoms with van der Waals surface area (Å²) in [6, 6.07) is 0.693. The molecule has 0 aliphatic carbocycles. The lowest BCUT2D eigenvalue weighted by Gasteiger charge is -2.43. The normalized spacial score (nSPS) is 35.4. The maximum Gasteiger partial charge on any atom is 0.0715 e. The molecule has 1 unspecified atom stereocenters. The first kappa shape index (κ1) is 10.4. The zero-order valence-corrected chi connectivity index (χ0v) is 9.68. The van der Waals surface area contributed by atoms with Crippen LogP contribution in [0.2, 0.25) is 0 Å². The first-order chi connectivity index (χ1) is 6.75. The van der Waals surface area contributed by atoms with Gasteiger partial charge in [-0.1, -0.05) is 12.8 Å². The van der Waals surface area contributed by atoms with Crippen LogP contribution in [0, 0.1) is 0 Å². The highest BCUT2D eigenvalue weighted by molar-refractivity contribution is 4.95. The van der Waals surface area contributed by atoms with Crippen LogP contribution >= 0.6 is 0 Å². The van der Waals surface area contributed by atoms with Crippen LogP contribution in [0.15, 0.2) is 0 Å². The molecule has 0 amide bonds.